The molecule has 0 saturated carbocycles. The number of carbonyl (C=O) groups is 2. The van der Waals surface area contributed by atoms with Crippen LogP contribution in [0.5, 0.6) is 0 Å². The Morgan fingerprint density at radius 3 is 2.56 bits per heavy atom. The number of hydrazone groups is 1. The van der Waals surface area contributed by atoms with E-state index in [-0.39, 0.29) is 27.7 Å². The van der Waals surface area contributed by atoms with E-state index in [4.69, 9.17) is 34.8 Å². The third kappa shape index (κ3) is 5.42. The summed E-state index contributed by atoms with van der Waals surface area (Å²) in [6, 6.07) is 8.52. The Hall–Kier alpha value is -2.15. The van der Waals surface area contributed by atoms with Gasteiger partial charge in [-0.15, -0.1) is 0 Å². The molecule has 2 aromatic rings. The number of nitrogens with zero attached hydrogens (tertiary/aromatic N) is 1. The molecule has 0 fully saturated rings. The first kappa shape index (κ1) is 19.2. The highest BCUT2D eigenvalue weighted by molar-refractivity contribution is 6.36. The molecule has 0 bridgehead atoms. The second-order valence-corrected chi connectivity index (χ2v) is 5.99. The molecular formula is C16H11Cl3FN3O2. The molecule has 0 aromatic heterocycles. The monoisotopic (exact) mass is 401 g/mol. The zero-order valence-electron chi connectivity index (χ0n) is 12.5. The van der Waals surface area contributed by atoms with Crippen LogP contribution >= 0.6 is 34.8 Å². The number of hydrogen-bond acceptors (Lipinski definition) is 3. The third-order valence-electron chi connectivity index (χ3n) is 2.97. The summed E-state index contributed by atoms with van der Waals surface area (Å²) in [5.74, 6) is -1.73. The first-order valence-corrected chi connectivity index (χ1v) is 8.01. The fourth-order valence-electron chi connectivity index (χ4n) is 1.77. The molecule has 0 atom stereocenters. The first-order chi connectivity index (χ1) is 11.9. The topological polar surface area (TPSA) is 70.6 Å². The van der Waals surface area contributed by atoms with Gasteiger partial charge in [-0.1, -0.05) is 40.9 Å². The van der Waals surface area contributed by atoms with Gasteiger partial charge in [-0.2, -0.15) is 5.10 Å². The van der Waals surface area contributed by atoms with Crippen LogP contribution in [0, 0.1) is 5.82 Å². The van der Waals surface area contributed by atoms with E-state index in [9.17, 15) is 14.0 Å². The largest absolute Gasteiger partial charge is 0.343 e. The van der Waals surface area contributed by atoms with Crippen LogP contribution < -0.4 is 10.7 Å². The molecule has 2 N–H and O–H groups in total. The second-order valence-electron chi connectivity index (χ2n) is 4.74. The van der Waals surface area contributed by atoms with E-state index in [2.05, 4.69) is 15.8 Å². The normalized spacial score (nSPS) is 10.7. The summed E-state index contributed by atoms with van der Waals surface area (Å²) in [6.07, 6.45) is 1.08. The Morgan fingerprint density at radius 1 is 1.12 bits per heavy atom. The van der Waals surface area contributed by atoms with Crippen molar-refractivity contribution in [3.63, 3.8) is 0 Å². The van der Waals surface area contributed by atoms with Crippen molar-refractivity contribution in [2.45, 2.75) is 0 Å². The summed E-state index contributed by atoms with van der Waals surface area (Å²) in [6.45, 7) is -0.347. The van der Waals surface area contributed by atoms with Gasteiger partial charge in [0.15, 0.2) is 0 Å². The lowest BCUT2D eigenvalue weighted by Gasteiger charge is -2.06. The van der Waals surface area contributed by atoms with Crippen LogP contribution in [0.4, 0.5) is 4.39 Å². The van der Waals surface area contributed by atoms with E-state index in [1.54, 1.807) is 0 Å². The zero-order valence-corrected chi connectivity index (χ0v) is 14.8. The fourth-order valence-corrected chi connectivity index (χ4v) is 2.48. The van der Waals surface area contributed by atoms with E-state index in [0.717, 1.165) is 6.21 Å². The summed E-state index contributed by atoms with van der Waals surface area (Å²) in [5, 5.41) is 6.69. The number of halogens is 4. The number of hydrogen-bond donors (Lipinski definition) is 2. The highest BCUT2D eigenvalue weighted by atomic mass is 35.5. The Kier molecular flexibility index (Phi) is 6.75. The minimum absolute atomic E-state index is 0.0430. The average molecular weight is 403 g/mol. The van der Waals surface area contributed by atoms with E-state index >= 15 is 0 Å². The highest BCUT2D eigenvalue weighted by Gasteiger charge is 2.12. The average Bonchev–Trinajstić information content (AvgIpc) is 2.55. The van der Waals surface area contributed by atoms with Gasteiger partial charge in [0.2, 0.25) is 0 Å². The minimum Gasteiger partial charge on any atom is -0.343 e. The van der Waals surface area contributed by atoms with Gasteiger partial charge in [0.25, 0.3) is 11.8 Å². The van der Waals surface area contributed by atoms with Crippen molar-refractivity contribution in [2.24, 2.45) is 5.10 Å². The minimum atomic E-state index is -0.609. The maximum atomic E-state index is 13.5. The summed E-state index contributed by atoms with van der Waals surface area (Å²) < 4.78 is 13.5. The lowest BCUT2D eigenvalue weighted by atomic mass is 10.2. The molecule has 0 spiro atoms. The van der Waals surface area contributed by atoms with Crippen LogP contribution in [-0.2, 0) is 4.79 Å². The molecule has 5 nitrogen and oxygen atoms in total. The van der Waals surface area contributed by atoms with Gasteiger partial charge in [-0.25, -0.2) is 9.82 Å². The summed E-state index contributed by atoms with van der Waals surface area (Å²) >= 11 is 17.5. The smallest absolute Gasteiger partial charge is 0.259 e. The van der Waals surface area contributed by atoms with Gasteiger partial charge in [0, 0.05) is 10.6 Å². The van der Waals surface area contributed by atoms with Crippen molar-refractivity contribution < 1.29 is 14.0 Å². The number of amides is 2. The van der Waals surface area contributed by atoms with Gasteiger partial charge >= 0.3 is 0 Å². The number of rotatable bonds is 5. The molecule has 130 valence electrons. The molecule has 25 heavy (non-hydrogen) atoms. The molecule has 0 aliphatic heterocycles. The lowest BCUT2D eigenvalue weighted by Crippen LogP contribution is -2.35. The standard InChI is InChI=1S/C16H11Cl3FN3O2/c17-9-4-5-10(13(19)6-9)16(25)21-8-15(24)23-22-7-11-12(18)2-1-3-14(11)20/h1-7H,8H2,(H,21,25)(H,23,24)/b22-7-. The quantitative estimate of drug-likeness (QED) is 0.592. The van der Waals surface area contributed by atoms with Gasteiger partial charge < -0.3 is 5.32 Å². The van der Waals surface area contributed by atoms with Gasteiger partial charge in [0.05, 0.1) is 28.4 Å². The van der Waals surface area contributed by atoms with Crippen LogP contribution in [0.25, 0.3) is 0 Å². The molecule has 2 rings (SSSR count). The molecule has 0 heterocycles. The van der Waals surface area contributed by atoms with Gasteiger partial charge in [-0.05, 0) is 30.3 Å². The molecule has 0 radical (unpaired) electrons. The van der Waals surface area contributed by atoms with Crippen LogP contribution in [0.3, 0.4) is 0 Å². The molecule has 0 saturated heterocycles. The first-order valence-electron chi connectivity index (χ1n) is 6.87. The van der Waals surface area contributed by atoms with Crippen molar-refractivity contribution in [1.82, 2.24) is 10.7 Å². The lowest BCUT2D eigenvalue weighted by molar-refractivity contribution is -0.120. The summed E-state index contributed by atoms with van der Waals surface area (Å²) in [5.41, 5.74) is 2.38. The van der Waals surface area contributed by atoms with Gasteiger partial charge in [-0.3, -0.25) is 9.59 Å². The van der Waals surface area contributed by atoms with Crippen molar-refractivity contribution in [3.05, 3.63) is 68.4 Å². The fraction of sp³-hybridized carbons (Fsp3) is 0.0625. The van der Waals surface area contributed by atoms with Crippen molar-refractivity contribution >= 4 is 52.8 Å². The van der Waals surface area contributed by atoms with E-state index in [1.165, 1.54) is 36.4 Å². The molecule has 2 aromatic carbocycles. The number of benzene rings is 2. The van der Waals surface area contributed by atoms with Crippen LogP contribution in [0.1, 0.15) is 15.9 Å². The Bertz CT molecular complexity index is 823. The third-order valence-corrected chi connectivity index (χ3v) is 3.85. The molecule has 9 heteroatoms. The van der Waals surface area contributed by atoms with E-state index in [0.29, 0.717) is 5.02 Å². The SMILES string of the molecule is O=C(CNC(=O)c1ccc(Cl)cc1Cl)N/N=C\c1c(F)cccc1Cl. The van der Waals surface area contributed by atoms with Crippen molar-refractivity contribution in [3.8, 4) is 0 Å². The van der Waals surface area contributed by atoms with E-state index in [1.807, 2.05) is 0 Å². The second kappa shape index (κ2) is 8.80. The Labute approximate surface area is 157 Å². The summed E-state index contributed by atoms with van der Waals surface area (Å²) in [4.78, 5) is 23.6. The predicted octanol–water partition coefficient (Wildman–Crippen LogP) is 3.67. The molecular weight excluding hydrogens is 392 g/mol. The van der Waals surface area contributed by atoms with Crippen LogP contribution in [-0.4, -0.2) is 24.6 Å². The number of carbonyl (C=O) groups excluding carboxylic acids is 2. The molecule has 2 amide bonds. The predicted molar refractivity (Wildman–Crippen MR) is 95.9 cm³/mol. The molecule has 0 aliphatic rings. The molecule has 0 aliphatic carbocycles. The highest BCUT2D eigenvalue weighted by Crippen LogP contribution is 2.20. The van der Waals surface area contributed by atoms with Crippen LogP contribution in [0.15, 0.2) is 41.5 Å². The molecule has 0 unspecified atom stereocenters. The number of nitrogens with one attached hydrogen (secondary N) is 2. The maximum Gasteiger partial charge on any atom is 0.259 e. The Balaban J connectivity index is 1.88. The van der Waals surface area contributed by atoms with Crippen LogP contribution in [0.2, 0.25) is 15.1 Å². The maximum absolute atomic E-state index is 13.5. The zero-order chi connectivity index (χ0) is 18.4. The van der Waals surface area contributed by atoms with Crippen molar-refractivity contribution in [2.75, 3.05) is 6.54 Å². The van der Waals surface area contributed by atoms with Gasteiger partial charge in [0.1, 0.15) is 5.82 Å². The summed E-state index contributed by atoms with van der Waals surface area (Å²) in [7, 11) is 0. The van der Waals surface area contributed by atoms with E-state index < -0.39 is 17.6 Å². The Morgan fingerprint density at radius 2 is 1.88 bits per heavy atom. The van der Waals surface area contributed by atoms with Crippen molar-refractivity contribution in [1.29, 1.82) is 0 Å².